The number of carbonyl (C=O) groups is 1. The van der Waals surface area contributed by atoms with Crippen LogP contribution in [0.3, 0.4) is 0 Å². The fourth-order valence-electron chi connectivity index (χ4n) is 1.08. The van der Waals surface area contributed by atoms with Gasteiger partial charge in [-0.25, -0.2) is 0 Å². The van der Waals surface area contributed by atoms with Gasteiger partial charge in [-0.2, -0.15) is 0 Å². The van der Waals surface area contributed by atoms with Gasteiger partial charge in [-0.1, -0.05) is 0 Å². The molecule has 0 unspecified atom stereocenters. The summed E-state index contributed by atoms with van der Waals surface area (Å²) in [6, 6.07) is 0. The van der Waals surface area contributed by atoms with Gasteiger partial charge < -0.3 is 4.74 Å². The Morgan fingerprint density at radius 1 is 1.73 bits per heavy atom. The average molecular weight is 176 g/mol. The van der Waals surface area contributed by atoms with E-state index in [4.69, 9.17) is 4.74 Å². The highest BCUT2D eigenvalue weighted by atomic mass is 32.2. The number of hydrogen-bond acceptors (Lipinski definition) is 3. The van der Waals surface area contributed by atoms with Crippen molar-refractivity contribution in [2.75, 3.05) is 12.0 Å². The minimum absolute atomic E-state index is 0.0337. The molecular weight excluding hydrogens is 164 g/mol. The molecule has 0 saturated carbocycles. The van der Waals surface area contributed by atoms with Crippen LogP contribution in [0.4, 0.5) is 0 Å². The smallest absolute Gasteiger partial charge is 0.306 e. The molecule has 1 aliphatic heterocycles. The summed E-state index contributed by atoms with van der Waals surface area (Å²) < 4.78 is 15.6. The summed E-state index contributed by atoms with van der Waals surface area (Å²) >= 11 is 0. The minimum Gasteiger partial charge on any atom is -0.462 e. The molecule has 3 nitrogen and oxygen atoms in total. The van der Waals surface area contributed by atoms with E-state index in [2.05, 4.69) is 0 Å². The Morgan fingerprint density at radius 2 is 2.45 bits per heavy atom. The lowest BCUT2D eigenvalue weighted by Gasteiger charge is -2.06. The predicted octanol–water partition coefficient (Wildman–Crippen LogP) is 0.461. The minimum atomic E-state index is -0.764. The lowest BCUT2D eigenvalue weighted by atomic mass is 10.2. The first-order chi connectivity index (χ1) is 5.18. The fourth-order valence-corrected chi connectivity index (χ4v) is 1.68. The van der Waals surface area contributed by atoms with E-state index in [9.17, 15) is 9.00 Å². The van der Waals surface area contributed by atoms with E-state index in [0.717, 1.165) is 12.8 Å². The predicted molar refractivity (Wildman–Crippen MR) is 42.7 cm³/mol. The molecule has 1 fully saturated rings. The van der Waals surface area contributed by atoms with Crippen LogP contribution in [0.2, 0.25) is 0 Å². The van der Waals surface area contributed by atoms with Crippen LogP contribution in [0.1, 0.15) is 19.3 Å². The van der Waals surface area contributed by atoms with Crippen molar-refractivity contribution >= 4 is 16.8 Å². The number of carbonyl (C=O) groups excluding carboxylic acids is 1. The van der Waals surface area contributed by atoms with Gasteiger partial charge in [0, 0.05) is 29.2 Å². The zero-order chi connectivity index (χ0) is 8.27. The molecular formula is C7H12O3S. The van der Waals surface area contributed by atoms with Crippen LogP contribution in [0.15, 0.2) is 0 Å². The molecule has 0 aromatic heterocycles. The molecule has 0 aromatic rings. The first-order valence-corrected chi connectivity index (χ1v) is 5.40. The van der Waals surface area contributed by atoms with E-state index >= 15 is 0 Å². The van der Waals surface area contributed by atoms with Gasteiger partial charge in [-0.05, 0) is 12.8 Å². The largest absolute Gasteiger partial charge is 0.462 e. The summed E-state index contributed by atoms with van der Waals surface area (Å²) in [7, 11) is -0.764. The Balaban J connectivity index is 2.18. The molecule has 11 heavy (non-hydrogen) atoms. The van der Waals surface area contributed by atoms with E-state index in [0.29, 0.717) is 12.2 Å². The van der Waals surface area contributed by atoms with E-state index in [-0.39, 0.29) is 12.1 Å². The lowest BCUT2D eigenvalue weighted by molar-refractivity contribution is -0.141. The molecule has 0 spiro atoms. The molecule has 64 valence electrons. The highest BCUT2D eigenvalue weighted by Crippen LogP contribution is 2.16. The topological polar surface area (TPSA) is 43.4 Å². The van der Waals surface area contributed by atoms with Gasteiger partial charge in [-0.15, -0.1) is 0 Å². The van der Waals surface area contributed by atoms with Crippen molar-refractivity contribution in [2.24, 2.45) is 0 Å². The first kappa shape index (κ1) is 8.71. The molecule has 0 bridgehead atoms. The highest BCUT2D eigenvalue weighted by molar-refractivity contribution is 7.84. The number of hydrogen-bond donors (Lipinski definition) is 0. The van der Waals surface area contributed by atoms with E-state index in [1.807, 2.05) is 0 Å². The van der Waals surface area contributed by atoms with Gasteiger partial charge in [0.05, 0.1) is 0 Å². The molecule has 4 heteroatoms. The Hall–Kier alpha value is -0.380. The Kier molecular flexibility index (Phi) is 3.05. The number of cyclic esters (lactones) is 1. The number of ether oxygens (including phenoxy) is 1. The zero-order valence-electron chi connectivity index (χ0n) is 6.54. The summed E-state index contributed by atoms with van der Waals surface area (Å²) in [5, 5.41) is 0. The third kappa shape index (κ3) is 3.01. The number of rotatable bonds is 3. The zero-order valence-corrected chi connectivity index (χ0v) is 7.36. The molecule has 2 atom stereocenters. The summed E-state index contributed by atoms with van der Waals surface area (Å²) in [4.78, 5) is 10.6. The average Bonchev–Trinajstić information content (AvgIpc) is 2.31. The van der Waals surface area contributed by atoms with Crippen LogP contribution >= 0.6 is 0 Å². The van der Waals surface area contributed by atoms with Gasteiger partial charge >= 0.3 is 5.97 Å². The van der Waals surface area contributed by atoms with Crippen molar-refractivity contribution in [3.05, 3.63) is 0 Å². The highest BCUT2D eigenvalue weighted by Gasteiger charge is 2.22. The molecule has 1 rings (SSSR count). The normalized spacial score (nSPS) is 26.6. The van der Waals surface area contributed by atoms with Gasteiger partial charge in [-0.3, -0.25) is 9.00 Å². The quantitative estimate of drug-likeness (QED) is 0.587. The molecule has 0 N–H and O–H groups in total. The molecule has 0 aromatic carbocycles. The second-order valence-electron chi connectivity index (χ2n) is 2.72. The molecule has 1 aliphatic rings. The van der Waals surface area contributed by atoms with Crippen molar-refractivity contribution in [3.8, 4) is 0 Å². The van der Waals surface area contributed by atoms with Crippen LogP contribution in [-0.4, -0.2) is 28.3 Å². The molecule has 0 radical (unpaired) electrons. The first-order valence-electron chi connectivity index (χ1n) is 3.68. The van der Waals surface area contributed by atoms with Crippen LogP contribution in [0, 0.1) is 0 Å². The maximum atomic E-state index is 10.7. The fraction of sp³-hybridized carbons (Fsp3) is 0.857. The summed E-state index contributed by atoms with van der Waals surface area (Å²) in [6.07, 6.45) is 3.77. The second kappa shape index (κ2) is 3.85. The SMILES string of the molecule is C[S@](=O)CC[C@H]1CCC(=O)O1. The van der Waals surface area contributed by atoms with Crippen molar-refractivity contribution in [1.82, 2.24) is 0 Å². The maximum Gasteiger partial charge on any atom is 0.306 e. The Labute approximate surface area is 68.6 Å². The van der Waals surface area contributed by atoms with E-state index in [1.165, 1.54) is 0 Å². The van der Waals surface area contributed by atoms with Crippen LogP contribution in [0.5, 0.6) is 0 Å². The monoisotopic (exact) mass is 176 g/mol. The maximum absolute atomic E-state index is 10.7. The Bertz CT molecular complexity index is 179. The molecule has 0 aliphatic carbocycles. The third-order valence-corrected chi connectivity index (χ3v) is 2.51. The van der Waals surface area contributed by atoms with Crippen LogP contribution in [-0.2, 0) is 20.3 Å². The van der Waals surface area contributed by atoms with E-state index in [1.54, 1.807) is 6.26 Å². The second-order valence-corrected chi connectivity index (χ2v) is 4.27. The van der Waals surface area contributed by atoms with Crippen molar-refractivity contribution in [1.29, 1.82) is 0 Å². The lowest BCUT2D eigenvalue weighted by Crippen LogP contribution is -2.10. The van der Waals surface area contributed by atoms with Crippen molar-refractivity contribution < 1.29 is 13.7 Å². The molecule has 0 amide bonds. The third-order valence-electron chi connectivity index (χ3n) is 1.70. The summed E-state index contributed by atoms with van der Waals surface area (Å²) in [6.45, 7) is 0. The van der Waals surface area contributed by atoms with E-state index < -0.39 is 10.8 Å². The standard InChI is InChI=1S/C7H12O3S/c1-11(9)5-4-6-2-3-7(8)10-6/h6H,2-5H2,1H3/t6-,11+/m1/s1. The Morgan fingerprint density at radius 3 is 2.91 bits per heavy atom. The van der Waals surface area contributed by atoms with Gasteiger partial charge in [0.15, 0.2) is 0 Å². The van der Waals surface area contributed by atoms with Gasteiger partial charge in [0.25, 0.3) is 0 Å². The summed E-state index contributed by atoms with van der Waals surface area (Å²) in [5.74, 6) is 0.523. The van der Waals surface area contributed by atoms with Crippen LogP contribution in [0.25, 0.3) is 0 Å². The summed E-state index contributed by atoms with van der Waals surface area (Å²) in [5.41, 5.74) is 0. The van der Waals surface area contributed by atoms with Gasteiger partial charge in [0.1, 0.15) is 6.10 Å². The number of esters is 1. The van der Waals surface area contributed by atoms with Crippen molar-refractivity contribution in [3.63, 3.8) is 0 Å². The molecule has 1 saturated heterocycles. The van der Waals surface area contributed by atoms with Gasteiger partial charge in [0.2, 0.25) is 0 Å². The molecule has 1 heterocycles. The van der Waals surface area contributed by atoms with Crippen molar-refractivity contribution in [2.45, 2.75) is 25.4 Å². The van der Waals surface area contributed by atoms with Crippen LogP contribution < -0.4 is 0 Å².